The lowest BCUT2D eigenvalue weighted by atomic mass is 10.3. The highest BCUT2D eigenvalue weighted by molar-refractivity contribution is 14.0. The van der Waals surface area contributed by atoms with Crippen molar-refractivity contribution in [3.05, 3.63) is 0 Å². The van der Waals surface area contributed by atoms with Gasteiger partial charge in [0, 0.05) is 39.8 Å². The number of carbonyl (C=O) groups excluding carboxylic acids is 1. The van der Waals surface area contributed by atoms with Gasteiger partial charge in [0.2, 0.25) is 5.91 Å². The van der Waals surface area contributed by atoms with E-state index in [0.717, 1.165) is 0 Å². The maximum atomic E-state index is 12.3. The van der Waals surface area contributed by atoms with Crippen LogP contribution in [0.3, 0.4) is 0 Å². The van der Waals surface area contributed by atoms with Crippen molar-refractivity contribution in [3.63, 3.8) is 0 Å². The summed E-state index contributed by atoms with van der Waals surface area (Å²) >= 11 is 0. The fourth-order valence-corrected chi connectivity index (χ4v) is 2.25. The van der Waals surface area contributed by atoms with E-state index in [4.69, 9.17) is 4.74 Å². The molecule has 1 atom stereocenters. The quantitative estimate of drug-likeness (QED) is 0.216. The van der Waals surface area contributed by atoms with Crippen LogP contribution >= 0.6 is 24.0 Å². The van der Waals surface area contributed by atoms with Crippen molar-refractivity contribution in [1.82, 2.24) is 20.9 Å². The molecule has 1 aliphatic heterocycles. The number of aliphatic imine (C=N–C) groups is 1. The molecule has 1 aliphatic rings. The van der Waals surface area contributed by atoms with Crippen molar-refractivity contribution in [3.8, 4) is 0 Å². The first-order valence-electron chi connectivity index (χ1n) is 7.36. The topological polar surface area (TPSA) is 78.0 Å². The van der Waals surface area contributed by atoms with Crippen LogP contribution in [-0.2, 0) is 9.53 Å². The second-order valence-electron chi connectivity index (χ2n) is 5.25. The van der Waals surface area contributed by atoms with Gasteiger partial charge in [-0.2, -0.15) is 13.2 Å². The first-order valence-corrected chi connectivity index (χ1v) is 7.36. The molecule has 1 amide bonds. The summed E-state index contributed by atoms with van der Waals surface area (Å²) < 4.78 is 41.9. The van der Waals surface area contributed by atoms with E-state index in [9.17, 15) is 18.0 Å². The minimum absolute atomic E-state index is 0. The smallest absolute Gasteiger partial charge is 0.383 e. The van der Waals surface area contributed by atoms with Crippen LogP contribution in [-0.4, -0.2) is 82.5 Å². The molecule has 142 valence electrons. The second kappa shape index (κ2) is 11.7. The average molecular weight is 467 g/mol. The average Bonchev–Trinajstić information content (AvgIpc) is 2.88. The summed E-state index contributed by atoms with van der Waals surface area (Å²) in [5.74, 6) is 0.181. The second-order valence-corrected chi connectivity index (χ2v) is 5.25. The van der Waals surface area contributed by atoms with Crippen LogP contribution in [0.2, 0.25) is 0 Å². The lowest BCUT2D eigenvalue weighted by Crippen LogP contribution is -2.48. The Bertz CT molecular complexity index is 410. The number of nitrogens with one attached hydrogen (secondary N) is 3. The number of carbonyl (C=O) groups is 1. The van der Waals surface area contributed by atoms with Crippen molar-refractivity contribution in [2.45, 2.75) is 18.6 Å². The maximum absolute atomic E-state index is 12.3. The van der Waals surface area contributed by atoms with Crippen molar-refractivity contribution in [2.24, 2.45) is 4.99 Å². The lowest BCUT2D eigenvalue weighted by molar-refractivity contribution is -0.143. The molecule has 0 aromatic carbocycles. The summed E-state index contributed by atoms with van der Waals surface area (Å²) in [7, 11) is 3.08. The number of alkyl halides is 3. The highest BCUT2D eigenvalue weighted by atomic mass is 127. The van der Waals surface area contributed by atoms with E-state index < -0.39 is 12.7 Å². The van der Waals surface area contributed by atoms with Gasteiger partial charge in [-0.05, 0) is 6.42 Å². The third-order valence-corrected chi connectivity index (χ3v) is 3.28. The predicted octanol–water partition coefficient (Wildman–Crippen LogP) is 0.169. The molecule has 1 heterocycles. The molecule has 0 bridgehead atoms. The summed E-state index contributed by atoms with van der Waals surface area (Å²) in [5, 5.41) is 8.51. The van der Waals surface area contributed by atoms with E-state index >= 15 is 0 Å². The Morgan fingerprint density at radius 3 is 2.67 bits per heavy atom. The van der Waals surface area contributed by atoms with Crippen molar-refractivity contribution in [1.29, 1.82) is 0 Å². The number of rotatable bonds is 7. The Hall–Kier alpha value is -0.820. The summed E-state index contributed by atoms with van der Waals surface area (Å²) in [6, 6.07) is -0.125. The van der Waals surface area contributed by atoms with E-state index in [1.54, 1.807) is 14.2 Å². The van der Waals surface area contributed by atoms with Crippen LogP contribution in [0.1, 0.15) is 6.42 Å². The van der Waals surface area contributed by atoms with Gasteiger partial charge in [-0.15, -0.1) is 24.0 Å². The van der Waals surface area contributed by atoms with Crippen LogP contribution < -0.4 is 16.0 Å². The Balaban J connectivity index is 0.00000529. The molecule has 1 unspecified atom stereocenters. The fraction of sp³-hybridized carbons (Fsp3) is 0.846. The molecule has 11 heteroatoms. The van der Waals surface area contributed by atoms with Gasteiger partial charge in [0.25, 0.3) is 0 Å². The number of methoxy groups -OCH3 is 1. The SMILES string of the molecule is CN=C(NCC(=O)NCCOC)NC1CCN(CC(F)(F)F)C1.I. The van der Waals surface area contributed by atoms with E-state index in [1.165, 1.54) is 4.90 Å². The molecule has 0 saturated carbocycles. The Morgan fingerprint density at radius 1 is 1.38 bits per heavy atom. The molecule has 1 saturated heterocycles. The standard InChI is InChI=1S/C13H24F3N5O2.HI/c1-17-12(19-7-11(22)18-4-6-23-2)20-10-3-5-21(8-10)9-13(14,15)16;/h10H,3-9H2,1-2H3,(H,18,22)(H2,17,19,20);1H. The van der Waals surface area contributed by atoms with Gasteiger partial charge < -0.3 is 20.7 Å². The number of hydrogen-bond acceptors (Lipinski definition) is 4. The first-order chi connectivity index (χ1) is 10.8. The van der Waals surface area contributed by atoms with E-state index in [2.05, 4.69) is 20.9 Å². The lowest BCUT2D eigenvalue weighted by Gasteiger charge is -2.19. The van der Waals surface area contributed by atoms with Gasteiger partial charge >= 0.3 is 6.18 Å². The molecule has 1 rings (SSSR count). The number of hydrogen-bond donors (Lipinski definition) is 3. The van der Waals surface area contributed by atoms with Gasteiger partial charge in [0.1, 0.15) is 0 Å². The normalized spacial score (nSPS) is 18.9. The Kier molecular flexibility index (Phi) is 11.3. The minimum Gasteiger partial charge on any atom is -0.383 e. The van der Waals surface area contributed by atoms with Crippen molar-refractivity contribution in [2.75, 3.05) is 53.5 Å². The fourth-order valence-electron chi connectivity index (χ4n) is 2.25. The zero-order valence-electron chi connectivity index (χ0n) is 13.8. The summed E-state index contributed by atoms with van der Waals surface area (Å²) in [5.41, 5.74) is 0. The van der Waals surface area contributed by atoms with Crippen molar-refractivity contribution >= 4 is 35.8 Å². The maximum Gasteiger partial charge on any atom is 0.401 e. The highest BCUT2D eigenvalue weighted by Crippen LogP contribution is 2.19. The highest BCUT2D eigenvalue weighted by Gasteiger charge is 2.34. The zero-order chi connectivity index (χ0) is 17.3. The number of guanidine groups is 1. The van der Waals surface area contributed by atoms with Gasteiger partial charge in [0.05, 0.1) is 19.7 Å². The van der Waals surface area contributed by atoms with Gasteiger partial charge in [-0.3, -0.25) is 14.7 Å². The van der Waals surface area contributed by atoms with Gasteiger partial charge in [0.15, 0.2) is 5.96 Å². The predicted molar refractivity (Wildman–Crippen MR) is 95.7 cm³/mol. The molecule has 1 fully saturated rings. The molecule has 0 aromatic rings. The summed E-state index contributed by atoms with van der Waals surface area (Å²) in [6.07, 6.45) is -3.59. The minimum atomic E-state index is -4.19. The number of nitrogens with zero attached hydrogens (tertiary/aromatic N) is 2. The molecule has 7 nitrogen and oxygen atoms in total. The van der Waals surface area contributed by atoms with Crippen LogP contribution in [0.25, 0.3) is 0 Å². The molecule has 24 heavy (non-hydrogen) atoms. The van der Waals surface area contributed by atoms with Crippen LogP contribution in [0.15, 0.2) is 4.99 Å². The van der Waals surface area contributed by atoms with Crippen LogP contribution in [0.4, 0.5) is 13.2 Å². The molecular formula is C13H25F3IN5O2. The van der Waals surface area contributed by atoms with E-state index in [-0.39, 0.29) is 42.5 Å². The molecule has 0 radical (unpaired) electrons. The monoisotopic (exact) mass is 467 g/mol. The largest absolute Gasteiger partial charge is 0.401 e. The summed E-state index contributed by atoms with van der Waals surface area (Å²) in [4.78, 5) is 16.9. The number of amides is 1. The molecule has 3 N–H and O–H groups in total. The van der Waals surface area contributed by atoms with E-state index in [1.807, 2.05) is 0 Å². The van der Waals surface area contributed by atoms with Gasteiger partial charge in [-0.1, -0.05) is 0 Å². The third kappa shape index (κ3) is 10.1. The molecule has 0 aliphatic carbocycles. The number of likely N-dealkylation sites (tertiary alicyclic amines) is 1. The molecular weight excluding hydrogens is 442 g/mol. The van der Waals surface area contributed by atoms with Crippen molar-refractivity contribution < 1.29 is 22.7 Å². The molecule has 0 spiro atoms. The number of ether oxygens (including phenoxy) is 1. The summed E-state index contributed by atoms with van der Waals surface area (Å²) in [6.45, 7) is 0.640. The first kappa shape index (κ1) is 23.2. The van der Waals surface area contributed by atoms with Crippen LogP contribution in [0.5, 0.6) is 0 Å². The molecule has 0 aromatic heterocycles. The van der Waals surface area contributed by atoms with Crippen LogP contribution in [0, 0.1) is 0 Å². The Labute approximate surface area is 156 Å². The Morgan fingerprint density at radius 2 is 2.08 bits per heavy atom. The number of halogens is 4. The van der Waals surface area contributed by atoms with E-state index in [0.29, 0.717) is 38.6 Å². The van der Waals surface area contributed by atoms with Gasteiger partial charge in [-0.25, -0.2) is 0 Å². The zero-order valence-corrected chi connectivity index (χ0v) is 16.1. The third-order valence-electron chi connectivity index (χ3n) is 3.28.